The molecule has 0 bridgehead atoms. The molecule has 1 fully saturated rings. The van der Waals surface area contributed by atoms with Gasteiger partial charge in [-0.3, -0.25) is 0 Å². The van der Waals surface area contributed by atoms with E-state index in [0.29, 0.717) is 17.9 Å². The zero-order chi connectivity index (χ0) is 20.5. The maximum atomic E-state index is 12.8. The molecule has 3 unspecified atom stereocenters. The van der Waals surface area contributed by atoms with E-state index in [-0.39, 0.29) is 35.9 Å². The van der Waals surface area contributed by atoms with E-state index in [2.05, 4.69) is 39.8 Å². The van der Waals surface area contributed by atoms with E-state index < -0.39 is 0 Å². The first-order chi connectivity index (χ1) is 13.3. The summed E-state index contributed by atoms with van der Waals surface area (Å²) in [5.41, 5.74) is 3.86. The van der Waals surface area contributed by atoms with Crippen molar-refractivity contribution >= 4 is 12.3 Å². The molecule has 1 aromatic rings. The highest BCUT2D eigenvalue weighted by atomic mass is 16.5. The molecule has 4 heteroatoms. The minimum absolute atomic E-state index is 0.0124. The number of fused-ring (bicyclic) bond motifs is 3. The second-order valence-electron chi connectivity index (χ2n) is 9.45. The van der Waals surface area contributed by atoms with Crippen LogP contribution in [0.25, 0.3) is 0 Å². The van der Waals surface area contributed by atoms with Crippen LogP contribution in [0.5, 0.6) is 0 Å². The van der Waals surface area contributed by atoms with Gasteiger partial charge in [0.2, 0.25) is 0 Å². The van der Waals surface area contributed by atoms with Crippen molar-refractivity contribution in [1.29, 1.82) is 0 Å². The number of aldehydes is 1. The van der Waals surface area contributed by atoms with Gasteiger partial charge in [0.1, 0.15) is 6.29 Å². The molecule has 0 amide bonds. The molecule has 0 radical (unpaired) electrons. The molecule has 3 atom stereocenters. The van der Waals surface area contributed by atoms with Gasteiger partial charge in [-0.2, -0.15) is 0 Å². The second-order valence-corrected chi connectivity index (χ2v) is 9.45. The lowest BCUT2D eigenvalue weighted by Gasteiger charge is -2.53. The van der Waals surface area contributed by atoms with E-state index in [1.165, 1.54) is 17.4 Å². The van der Waals surface area contributed by atoms with Crippen LogP contribution in [0.3, 0.4) is 0 Å². The molecule has 1 aromatic carbocycles. The normalized spacial score (nSPS) is 29.1. The fourth-order valence-corrected chi connectivity index (χ4v) is 5.69. The largest absolute Gasteiger partial charge is 0.462 e. The number of carbonyl (C=O) groups excluding carboxylic acids is 2. The van der Waals surface area contributed by atoms with Crippen LogP contribution < -0.4 is 0 Å². The van der Waals surface area contributed by atoms with Gasteiger partial charge in [-0.15, -0.1) is 0 Å². The number of esters is 1. The standard InChI is InChI=1S/C24H34O4/c1-16(2)18-13-17-7-8-21-23(3,15-26)9-5-10-24(21,4)20(17)14-19(18)22(27)28-12-6-11-25/h13-16,21,25H,5-12H2,1-4H3. The lowest BCUT2D eigenvalue weighted by Crippen LogP contribution is -2.49. The van der Waals surface area contributed by atoms with Crippen LogP contribution in [0.15, 0.2) is 12.1 Å². The highest BCUT2D eigenvalue weighted by Gasteiger charge is 2.52. The van der Waals surface area contributed by atoms with Crippen molar-refractivity contribution in [3.8, 4) is 0 Å². The number of hydrogen-bond donors (Lipinski definition) is 1. The number of carbonyl (C=O) groups is 2. The minimum atomic E-state index is -0.306. The number of aliphatic hydroxyl groups excluding tert-OH is 1. The molecule has 2 aliphatic rings. The van der Waals surface area contributed by atoms with Gasteiger partial charge < -0.3 is 14.6 Å². The van der Waals surface area contributed by atoms with Crippen LogP contribution in [0.1, 0.15) is 92.8 Å². The molecular formula is C24H34O4. The Morgan fingerprint density at radius 2 is 2.07 bits per heavy atom. The molecule has 0 aromatic heterocycles. The van der Waals surface area contributed by atoms with Gasteiger partial charge in [0.05, 0.1) is 12.2 Å². The Labute approximate surface area is 168 Å². The molecule has 3 rings (SSSR count). The van der Waals surface area contributed by atoms with Crippen molar-refractivity contribution in [3.63, 3.8) is 0 Å². The van der Waals surface area contributed by atoms with Gasteiger partial charge >= 0.3 is 5.97 Å². The van der Waals surface area contributed by atoms with Gasteiger partial charge in [-0.1, -0.05) is 40.2 Å². The molecule has 0 heterocycles. The lowest BCUT2D eigenvalue weighted by atomic mass is 9.50. The summed E-state index contributed by atoms with van der Waals surface area (Å²) in [6.45, 7) is 8.84. The van der Waals surface area contributed by atoms with Crippen molar-refractivity contribution < 1.29 is 19.4 Å². The molecule has 2 aliphatic carbocycles. The third-order valence-corrected chi connectivity index (χ3v) is 7.22. The van der Waals surface area contributed by atoms with E-state index in [0.717, 1.165) is 37.7 Å². The summed E-state index contributed by atoms with van der Waals surface area (Å²) in [5.74, 6) is 0.226. The average Bonchev–Trinajstić information content (AvgIpc) is 2.67. The SMILES string of the molecule is CC(C)c1cc2c(cc1C(=O)OCCCO)C1(C)CCCC(C)(C=O)C1CC2. The summed E-state index contributed by atoms with van der Waals surface area (Å²) in [6.07, 6.45) is 6.64. The van der Waals surface area contributed by atoms with Crippen molar-refractivity contribution in [2.24, 2.45) is 11.3 Å². The molecule has 0 spiro atoms. The summed E-state index contributed by atoms with van der Waals surface area (Å²) in [4.78, 5) is 24.8. The van der Waals surface area contributed by atoms with E-state index in [4.69, 9.17) is 9.84 Å². The fourth-order valence-electron chi connectivity index (χ4n) is 5.69. The molecule has 28 heavy (non-hydrogen) atoms. The first-order valence-electron chi connectivity index (χ1n) is 10.7. The molecular weight excluding hydrogens is 352 g/mol. The Hall–Kier alpha value is -1.68. The maximum absolute atomic E-state index is 12.8. The predicted octanol–water partition coefficient (Wildman–Crippen LogP) is 4.56. The van der Waals surface area contributed by atoms with Gasteiger partial charge in [-0.05, 0) is 65.7 Å². The number of aryl methyl sites for hydroxylation is 1. The minimum Gasteiger partial charge on any atom is -0.462 e. The van der Waals surface area contributed by atoms with Crippen LogP contribution in [0.4, 0.5) is 0 Å². The topological polar surface area (TPSA) is 63.6 Å². The Bertz CT molecular complexity index is 753. The third-order valence-electron chi connectivity index (χ3n) is 7.22. The van der Waals surface area contributed by atoms with Gasteiger partial charge in [-0.25, -0.2) is 4.79 Å². The molecule has 154 valence electrons. The summed E-state index contributed by atoms with van der Waals surface area (Å²) < 4.78 is 5.43. The molecule has 1 N–H and O–H groups in total. The zero-order valence-corrected chi connectivity index (χ0v) is 17.7. The van der Waals surface area contributed by atoms with Crippen LogP contribution in [0.2, 0.25) is 0 Å². The van der Waals surface area contributed by atoms with Gasteiger partial charge in [0.25, 0.3) is 0 Å². The fraction of sp³-hybridized carbons (Fsp3) is 0.667. The van der Waals surface area contributed by atoms with Crippen molar-refractivity contribution in [1.82, 2.24) is 0 Å². The smallest absolute Gasteiger partial charge is 0.338 e. The lowest BCUT2D eigenvalue weighted by molar-refractivity contribution is -0.123. The van der Waals surface area contributed by atoms with Crippen LogP contribution in [-0.2, 0) is 21.4 Å². The maximum Gasteiger partial charge on any atom is 0.338 e. The van der Waals surface area contributed by atoms with E-state index >= 15 is 0 Å². The molecule has 0 aliphatic heterocycles. The van der Waals surface area contributed by atoms with E-state index in [9.17, 15) is 9.59 Å². The highest BCUT2D eigenvalue weighted by molar-refractivity contribution is 5.92. The molecule has 0 saturated heterocycles. The van der Waals surface area contributed by atoms with Gasteiger partial charge in [0.15, 0.2) is 0 Å². The van der Waals surface area contributed by atoms with E-state index in [1.54, 1.807) is 0 Å². The van der Waals surface area contributed by atoms with E-state index in [1.807, 2.05) is 0 Å². The van der Waals surface area contributed by atoms with Crippen molar-refractivity contribution in [2.75, 3.05) is 13.2 Å². The molecule has 1 saturated carbocycles. The Morgan fingerprint density at radius 3 is 2.71 bits per heavy atom. The predicted molar refractivity (Wildman–Crippen MR) is 110 cm³/mol. The van der Waals surface area contributed by atoms with Crippen LogP contribution in [-0.4, -0.2) is 30.6 Å². The Morgan fingerprint density at radius 1 is 1.32 bits per heavy atom. The van der Waals surface area contributed by atoms with Crippen molar-refractivity contribution in [2.45, 2.75) is 77.6 Å². The summed E-state index contributed by atoms with van der Waals surface area (Å²) in [6, 6.07) is 4.27. The van der Waals surface area contributed by atoms with Crippen molar-refractivity contribution in [3.05, 3.63) is 34.4 Å². The second kappa shape index (κ2) is 7.98. The number of aliphatic hydroxyl groups is 1. The number of ether oxygens (including phenoxy) is 1. The number of benzene rings is 1. The zero-order valence-electron chi connectivity index (χ0n) is 17.7. The summed E-state index contributed by atoms with van der Waals surface area (Å²) in [7, 11) is 0. The first-order valence-corrected chi connectivity index (χ1v) is 10.7. The summed E-state index contributed by atoms with van der Waals surface area (Å²) >= 11 is 0. The number of rotatable bonds is 6. The Kier molecular flexibility index (Phi) is 6.00. The monoisotopic (exact) mass is 386 g/mol. The highest BCUT2D eigenvalue weighted by Crippen LogP contribution is 2.56. The average molecular weight is 387 g/mol. The third kappa shape index (κ3) is 3.52. The number of hydrogen-bond acceptors (Lipinski definition) is 4. The first kappa shape index (κ1) is 21.0. The quantitative estimate of drug-likeness (QED) is 0.442. The molecule has 4 nitrogen and oxygen atoms in total. The van der Waals surface area contributed by atoms with Gasteiger partial charge in [0, 0.05) is 18.4 Å². The van der Waals surface area contributed by atoms with Crippen LogP contribution >= 0.6 is 0 Å². The van der Waals surface area contributed by atoms with Crippen LogP contribution in [0, 0.1) is 11.3 Å². The summed E-state index contributed by atoms with van der Waals surface area (Å²) in [5, 5.41) is 8.97. The Balaban J connectivity index is 2.06.